The molecule has 0 aromatic heterocycles. The molecule has 1 fully saturated rings. The molecule has 8 nitrogen and oxygen atoms in total. The normalized spacial score (nSPS) is 17.5. The van der Waals surface area contributed by atoms with Crippen LogP contribution in [0, 0.1) is 5.92 Å². The zero-order valence-corrected chi connectivity index (χ0v) is 25.6. The first-order chi connectivity index (χ1) is 18.9. The van der Waals surface area contributed by atoms with Crippen LogP contribution in [0.15, 0.2) is 48.5 Å². The van der Waals surface area contributed by atoms with Crippen LogP contribution in [0.5, 0.6) is 0 Å². The molecule has 1 aliphatic heterocycles. The number of nitrogens with zero attached hydrogens (tertiary/aromatic N) is 1. The molecule has 0 unspecified atom stereocenters. The summed E-state index contributed by atoms with van der Waals surface area (Å²) in [4.78, 5) is 13.6. The van der Waals surface area contributed by atoms with E-state index in [-0.39, 0.29) is 11.4 Å². The van der Waals surface area contributed by atoms with Crippen molar-refractivity contribution in [3.05, 3.63) is 59.7 Å². The van der Waals surface area contributed by atoms with Crippen LogP contribution in [0.2, 0.25) is 0 Å². The summed E-state index contributed by atoms with van der Waals surface area (Å²) in [7, 11) is -2.90. The standard InChI is InChI=1S/C31H50N4O4S/c1-6-32-26-19-25(20-27(21-26)35-16-11-17-40(35,38)39)30(37)34-28(18-24-13-8-7-9-14-24)29(36)22-33-31(4,5)15-10-12-23(2)3/h7-9,13-14,19-21,23,28-29,32-33,36,38-39H,6,10-12,15-18,22H2,1-5H3,(H,34,37)/t28-,29+/m0/s1. The van der Waals surface area contributed by atoms with Crippen LogP contribution in [0.25, 0.3) is 0 Å². The van der Waals surface area contributed by atoms with Gasteiger partial charge in [-0.3, -0.25) is 18.2 Å². The van der Waals surface area contributed by atoms with Crippen LogP contribution < -0.4 is 20.3 Å². The zero-order valence-electron chi connectivity index (χ0n) is 24.8. The molecule has 0 saturated carbocycles. The molecular weight excluding hydrogens is 524 g/mol. The number of carbonyl (C=O) groups is 1. The van der Waals surface area contributed by atoms with Gasteiger partial charge in [-0.05, 0) is 69.7 Å². The molecule has 40 heavy (non-hydrogen) atoms. The molecule has 3 rings (SSSR count). The molecule has 1 heterocycles. The van der Waals surface area contributed by atoms with Crippen molar-refractivity contribution in [1.82, 2.24) is 10.6 Å². The van der Waals surface area contributed by atoms with Gasteiger partial charge in [0, 0.05) is 36.4 Å². The maximum Gasteiger partial charge on any atom is 0.251 e. The molecule has 0 bridgehead atoms. The summed E-state index contributed by atoms with van der Waals surface area (Å²) in [6.45, 7) is 12.3. The molecule has 2 aromatic rings. The lowest BCUT2D eigenvalue weighted by Gasteiger charge is -2.38. The van der Waals surface area contributed by atoms with Gasteiger partial charge in [0.1, 0.15) is 0 Å². The predicted octanol–water partition coefficient (Wildman–Crippen LogP) is 5.89. The minimum absolute atomic E-state index is 0.134. The van der Waals surface area contributed by atoms with Gasteiger partial charge in [-0.15, -0.1) is 10.8 Å². The predicted molar refractivity (Wildman–Crippen MR) is 168 cm³/mol. The molecule has 1 aliphatic rings. The number of carbonyl (C=O) groups excluding carboxylic acids is 1. The number of benzene rings is 2. The van der Waals surface area contributed by atoms with Crippen molar-refractivity contribution in [2.24, 2.45) is 5.92 Å². The topological polar surface area (TPSA) is 117 Å². The van der Waals surface area contributed by atoms with E-state index in [4.69, 9.17) is 0 Å². The Bertz CT molecular complexity index is 1080. The number of hydrogen-bond donors (Lipinski definition) is 6. The molecule has 1 amide bonds. The van der Waals surface area contributed by atoms with Crippen molar-refractivity contribution in [2.45, 2.75) is 84.4 Å². The van der Waals surface area contributed by atoms with Crippen molar-refractivity contribution >= 4 is 28.1 Å². The Hall–Kier alpha value is -2.30. The van der Waals surface area contributed by atoms with E-state index in [1.807, 2.05) is 43.3 Å². The fourth-order valence-corrected chi connectivity index (χ4v) is 6.72. The molecular formula is C31H50N4O4S. The first-order valence-electron chi connectivity index (χ1n) is 14.6. The summed E-state index contributed by atoms with van der Waals surface area (Å²) in [5.74, 6) is 0.677. The molecule has 6 N–H and O–H groups in total. The molecule has 0 radical (unpaired) electrons. The highest BCUT2D eigenvalue weighted by Gasteiger charge is 2.31. The van der Waals surface area contributed by atoms with Gasteiger partial charge in [-0.2, -0.15) is 0 Å². The van der Waals surface area contributed by atoms with E-state index in [9.17, 15) is 19.0 Å². The van der Waals surface area contributed by atoms with Gasteiger partial charge in [-0.1, -0.05) is 57.0 Å². The number of anilines is 2. The quantitative estimate of drug-likeness (QED) is 0.157. The Morgan fingerprint density at radius 3 is 2.48 bits per heavy atom. The molecule has 0 aliphatic carbocycles. The number of β-amino-alcohol motifs (C(OH)–C–C–N with tert-alkyl or cyclic N) is 1. The van der Waals surface area contributed by atoms with Crippen molar-refractivity contribution in [2.75, 3.05) is 35.0 Å². The molecule has 224 valence electrons. The molecule has 2 aromatic carbocycles. The van der Waals surface area contributed by atoms with Crippen LogP contribution in [0.4, 0.5) is 11.4 Å². The van der Waals surface area contributed by atoms with E-state index >= 15 is 0 Å². The SMILES string of the molecule is CCNc1cc(C(=O)N[C@@H](Cc2ccccc2)[C@H](O)CNC(C)(C)CCCC(C)C)cc(N2CCCS2(O)O)c1. The molecule has 9 heteroatoms. The van der Waals surface area contributed by atoms with Gasteiger partial charge in [0.05, 0.1) is 23.6 Å². The summed E-state index contributed by atoms with van der Waals surface area (Å²) in [6.07, 6.45) is 3.64. The maximum atomic E-state index is 13.6. The van der Waals surface area contributed by atoms with Gasteiger partial charge in [0.2, 0.25) is 0 Å². The van der Waals surface area contributed by atoms with Crippen LogP contribution in [0.1, 0.15) is 76.2 Å². The second-order valence-electron chi connectivity index (χ2n) is 12.0. The smallest absolute Gasteiger partial charge is 0.251 e. The second-order valence-corrected chi connectivity index (χ2v) is 14.1. The average Bonchev–Trinajstić information content (AvgIpc) is 3.26. The van der Waals surface area contributed by atoms with E-state index in [1.54, 1.807) is 16.4 Å². The number of aliphatic hydroxyl groups is 1. The van der Waals surface area contributed by atoms with Crippen molar-refractivity contribution in [1.29, 1.82) is 0 Å². The van der Waals surface area contributed by atoms with Gasteiger partial charge < -0.3 is 21.1 Å². The van der Waals surface area contributed by atoms with Crippen LogP contribution in [0.3, 0.4) is 0 Å². The highest BCUT2D eigenvalue weighted by molar-refractivity contribution is 8.25. The number of amides is 1. The van der Waals surface area contributed by atoms with Gasteiger partial charge in [-0.25, -0.2) is 0 Å². The first-order valence-corrected chi connectivity index (χ1v) is 16.3. The maximum absolute atomic E-state index is 13.6. The Kier molecular flexibility index (Phi) is 11.7. The zero-order chi connectivity index (χ0) is 29.3. The highest BCUT2D eigenvalue weighted by atomic mass is 32.3. The van der Waals surface area contributed by atoms with Gasteiger partial charge in [0.15, 0.2) is 0 Å². The average molecular weight is 575 g/mol. The highest BCUT2D eigenvalue weighted by Crippen LogP contribution is 2.51. The summed E-state index contributed by atoms with van der Waals surface area (Å²) >= 11 is 0. The number of aliphatic hydroxyl groups excluding tert-OH is 1. The second kappa shape index (κ2) is 14.5. The summed E-state index contributed by atoms with van der Waals surface area (Å²) in [6, 6.07) is 14.7. The van der Waals surface area contributed by atoms with Gasteiger partial charge >= 0.3 is 0 Å². The van der Waals surface area contributed by atoms with Crippen molar-refractivity contribution < 1.29 is 19.0 Å². The van der Waals surface area contributed by atoms with E-state index in [0.29, 0.717) is 55.4 Å². The molecule has 2 atom stereocenters. The van der Waals surface area contributed by atoms with Crippen LogP contribution >= 0.6 is 10.8 Å². The van der Waals surface area contributed by atoms with E-state index in [1.165, 1.54) is 6.42 Å². The monoisotopic (exact) mass is 574 g/mol. The number of nitrogens with one attached hydrogen (secondary N) is 3. The molecule has 0 spiro atoms. The van der Waals surface area contributed by atoms with E-state index < -0.39 is 22.9 Å². The van der Waals surface area contributed by atoms with E-state index in [2.05, 4.69) is 43.6 Å². The summed E-state index contributed by atoms with van der Waals surface area (Å²) in [5.41, 5.74) is 2.63. The minimum Gasteiger partial charge on any atom is -0.390 e. The summed E-state index contributed by atoms with van der Waals surface area (Å²) < 4.78 is 22.7. The lowest BCUT2D eigenvalue weighted by molar-refractivity contribution is 0.0812. The fraction of sp³-hybridized carbons (Fsp3) is 0.581. The Morgan fingerprint density at radius 2 is 1.85 bits per heavy atom. The number of hydrogen-bond acceptors (Lipinski definition) is 7. The van der Waals surface area contributed by atoms with Crippen molar-refractivity contribution in [3.63, 3.8) is 0 Å². The van der Waals surface area contributed by atoms with Crippen LogP contribution in [-0.4, -0.2) is 63.2 Å². The third-order valence-electron chi connectivity index (χ3n) is 7.43. The first kappa shape index (κ1) is 32.2. The third-order valence-corrected chi connectivity index (χ3v) is 9.37. The Morgan fingerprint density at radius 1 is 1.12 bits per heavy atom. The van der Waals surface area contributed by atoms with E-state index in [0.717, 1.165) is 24.1 Å². The minimum atomic E-state index is -2.90. The van der Waals surface area contributed by atoms with Gasteiger partial charge in [0.25, 0.3) is 5.91 Å². The lowest BCUT2D eigenvalue weighted by Crippen LogP contribution is -2.52. The lowest BCUT2D eigenvalue weighted by atomic mass is 9.93. The van der Waals surface area contributed by atoms with Crippen molar-refractivity contribution in [3.8, 4) is 0 Å². The molecule has 1 saturated heterocycles. The number of rotatable bonds is 15. The Labute approximate surface area is 242 Å². The van der Waals surface area contributed by atoms with Crippen LogP contribution in [-0.2, 0) is 6.42 Å². The largest absolute Gasteiger partial charge is 0.390 e. The Balaban J connectivity index is 1.79. The fourth-order valence-electron chi connectivity index (χ4n) is 5.12. The summed E-state index contributed by atoms with van der Waals surface area (Å²) in [5, 5.41) is 21.2. The third kappa shape index (κ3) is 9.66.